The number of sulfone groups is 1. The Morgan fingerprint density at radius 1 is 1.19 bits per heavy atom. The maximum atomic E-state index is 14.4. The second-order valence-corrected chi connectivity index (χ2v) is 10.3. The number of halogens is 1. The summed E-state index contributed by atoms with van der Waals surface area (Å²) in [5.74, 6) is -0.872. The van der Waals surface area contributed by atoms with Gasteiger partial charge in [-0.05, 0) is 57.5 Å². The highest BCUT2D eigenvalue weighted by atomic mass is 32.2. The Morgan fingerprint density at radius 2 is 1.91 bits per heavy atom. The Morgan fingerprint density at radius 3 is 2.53 bits per heavy atom. The van der Waals surface area contributed by atoms with E-state index in [2.05, 4.69) is 10.1 Å². The number of benzene rings is 1. The Balaban J connectivity index is 2.07. The zero-order valence-electron chi connectivity index (χ0n) is 18.5. The molecule has 0 N–H and O–H groups in total. The fourth-order valence-electron chi connectivity index (χ4n) is 2.94. The van der Waals surface area contributed by atoms with Crippen molar-refractivity contribution in [1.82, 2.24) is 19.7 Å². The minimum atomic E-state index is -4.05. The van der Waals surface area contributed by atoms with E-state index in [1.807, 2.05) is 0 Å². The van der Waals surface area contributed by atoms with Crippen molar-refractivity contribution < 1.29 is 22.3 Å². The number of pyridine rings is 1. The molecule has 32 heavy (non-hydrogen) atoms. The highest BCUT2D eigenvalue weighted by Gasteiger charge is 2.28. The van der Waals surface area contributed by atoms with Gasteiger partial charge in [-0.3, -0.25) is 0 Å². The lowest BCUT2D eigenvalue weighted by atomic mass is 10.2. The normalized spacial score (nSPS) is 11.9. The fraction of sp³-hybridized carbons (Fsp3) is 0.318. The maximum absolute atomic E-state index is 14.4. The molecule has 0 aliphatic heterocycles. The van der Waals surface area contributed by atoms with Gasteiger partial charge in [-0.2, -0.15) is 9.49 Å². The predicted octanol–water partition coefficient (Wildman–Crippen LogP) is 3.91. The maximum Gasteiger partial charge on any atom is 0.410 e. The van der Waals surface area contributed by atoms with Gasteiger partial charge in [-0.1, -0.05) is 12.1 Å². The molecule has 0 atom stereocenters. The van der Waals surface area contributed by atoms with Gasteiger partial charge in [-0.25, -0.2) is 22.9 Å². The SMILES string of the molecule is Cc1cccc(S(=O)(=O)c2cc(CN(C)C(=O)OC(C)(C)C)nn2-c2cccnc2F)c1. The summed E-state index contributed by atoms with van der Waals surface area (Å²) in [4.78, 5) is 17.2. The van der Waals surface area contributed by atoms with E-state index in [9.17, 15) is 17.6 Å². The molecule has 0 fully saturated rings. The lowest BCUT2D eigenvalue weighted by molar-refractivity contribution is 0.0283. The molecule has 0 saturated heterocycles. The van der Waals surface area contributed by atoms with E-state index in [4.69, 9.17) is 4.74 Å². The third-order valence-electron chi connectivity index (χ3n) is 4.37. The number of hydrogen-bond donors (Lipinski definition) is 0. The number of amides is 1. The molecule has 2 aromatic heterocycles. The smallest absolute Gasteiger partial charge is 0.410 e. The van der Waals surface area contributed by atoms with Crippen LogP contribution in [0.4, 0.5) is 9.18 Å². The molecule has 3 rings (SSSR count). The van der Waals surface area contributed by atoms with E-state index < -0.39 is 27.5 Å². The van der Waals surface area contributed by atoms with E-state index in [1.54, 1.807) is 39.8 Å². The zero-order chi connectivity index (χ0) is 23.7. The Kier molecular flexibility index (Phi) is 6.36. The van der Waals surface area contributed by atoms with Crippen LogP contribution in [0.2, 0.25) is 0 Å². The molecule has 0 unspecified atom stereocenters. The van der Waals surface area contributed by atoms with E-state index in [-0.39, 0.29) is 27.8 Å². The molecule has 0 saturated carbocycles. The number of aryl methyl sites for hydroxylation is 1. The van der Waals surface area contributed by atoms with Gasteiger partial charge in [0.05, 0.1) is 17.1 Å². The van der Waals surface area contributed by atoms with E-state index in [0.717, 1.165) is 10.2 Å². The summed E-state index contributed by atoms with van der Waals surface area (Å²) >= 11 is 0. The summed E-state index contributed by atoms with van der Waals surface area (Å²) in [5.41, 5.74) is 0.191. The van der Waals surface area contributed by atoms with E-state index in [1.165, 1.54) is 48.5 Å². The zero-order valence-corrected chi connectivity index (χ0v) is 19.4. The van der Waals surface area contributed by atoms with Crippen LogP contribution in [0, 0.1) is 12.9 Å². The largest absolute Gasteiger partial charge is 0.444 e. The van der Waals surface area contributed by atoms with Crippen molar-refractivity contribution >= 4 is 15.9 Å². The Bertz CT molecular complexity index is 1250. The molecule has 2 heterocycles. The van der Waals surface area contributed by atoms with E-state index in [0.29, 0.717) is 0 Å². The molecule has 1 amide bonds. The molecule has 0 bridgehead atoms. The summed E-state index contributed by atoms with van der Waals surface area (Å²) in [7, 11) is -2.54. The number of aromatic nitrogens is 3. The fourth-order valence-corrected chi connectivity index (χ4v) is 4.44. The van der Waals surface area contributed by atoms with Crippen LogP contribution in [0.3, 0.4) is 0 Å². The van der Waals surface area contributed by atoms with Crippen LogP contribution in [0.5, 0.6) is 0 Å². The van der Waals surface area contributed by atoms with Crippen molar-refractivity contribution in [3.63, 3.8) is 0 Å². The second kappa shape index (κ2) is 8.70. The molecular weight excluding hydrogens is 435 g/mol. The highest BCUT2D eigenvalue weighted by molar-refractivity contribution is 7.91. The van der Waals surface area contributed by atoms with Crippen molar-refractivity contribution in [3.8, 4) is 5.69 Å². The molecule has 170 valence electrons. The van der Waals surface area contributed by atoms with Crippen LogP contribution < -0.4 is 0 Å². The third kappa shape index (κ3) is 5.13. The first kappa shape index (κ1) is 23.4. The quantitative estimate of drug-likeness (QED) is 0.536. The number of carbonyl (C=O) groups is 1. The van der Waals surface area contributed by atoms with Crippen LogP contribution in [0.15, 0.2) is 58.6 Å². The summed E-state index contributed by atoms with van der Waals surface area (Å²) in [6.07, 6.45) is 0.663. The minimum Gasteiger partial charge on any atom is -0.444 e. The highest BCUT2D eigenvalue weighted by Crippen LogP contribution is 2.26. The van der Waals surface area contributed by atoms with Crippen LogP contribution >= 0.6 is 0 Å². The van der Waals surface area contributed by atoms with Crippen LogP contribution in [0.1, 0.15) is 32.0 Å². The molecule has 1 aromatic carbocycles. The molecule has 0 spiro atoms. The number of rotatable bonds is 5. The van der Waals surface area contributed by atoms with Crippen molar-refractivity contribution in [2.75, 3.05) is 7.05 Å². The molecule has 0 aliphatic rings. The monoisotopic (exact) mass is 460 g/mol. The molecule has 0 radical (unpaired) electrons. The van der Waals surface area contributed by atoms with E-state index >= 15 is 0 Å². The standard InChI is InChI=1S/C22H25FN4O4S/c1-15-8-6-9-17(12-15)32(29,30)19-13-16(14-26(5)21(28)31-22(2,3)4)25-27(19)18-10-7-11-24-20(18)23/h6-13H,14H2,1-5H3. The average molecular weight is 461 g/mol. The lowest BCUT2D eigenvalue weighted by Gasteiger charge is -2.24. The topological polar surface area (TPSA) is 94.4 Å². The van der Waals surface area contributed by atoms with Gasteiger partial charge >= 0.3 is 6.09 Å². The number of ether oxygens (including phenoxy) is 1. The van der Waals surface area contributed by atoms with Gasteiger partial charge in [0.15, 0.2) is 5.03 Å². The van der Waals surface area contributed by atoms with Crippen LogP contribution in [-0.2, 0) is 21.1 Å². The van der Waals surface area contributed by atoms with Crippen molar-refractivity contribution in [2.24, 2.45) is 0 Å². The van der Waals surface area contributed by atoms with Gasteiger partial charge < -0.3 is 9.64 Å². The Labute approximate surface area is 186 Å². The number of carbonyl (C=O) groups excluding carboxylic acids is 1. The average Bonchev–Trinajstić information content (AvgIpc) is 3.11. The van der Waals surface area contributed by atoms with Gasteiger partial charge in [0.25, 0.3) is 0 Å². The van der Waals surface area contributed by atoms with Gasteiger partial charge in [-0.15, -0.1) is 0 Å². The van der Waals surface area contributed by atoms with Crippen molar-refractivity contribution in [3.05, 3.63) is 65.9 Å². The third-order valence-corrected chi connectivity index (χ3v) is 6.09. The summed E-state index contributed by atoms with van der Waals surface area (Å²) < 4.78 is 47.6. The second-order valence-electron chi connectivity index (χ2n) is 8.36. The first-order valence-electron chi connectivity index (χ1n) is 9.84. The van der Waals surface area contributed by atoms with Crippen molar-refractivity contribution in [2.45, 2.75) is 49.8 Å². The number of nitrogens with zero attached hydrogens (tertiary/aromatic N) is 4. The first-order chi connectivity index (χ1) is 14.9. The van der Waals surface area contributed by atoms with Crippen LogP contribution in [-0.4, -0.2) is 46.8 Å². The molecule has 3 aromatic rings. The van der Waals surface area contributed by atoms with Gasteiger partial charge in [0.1, 0.15) is 11.3 Å². The minimum absolute atomic E-state index is 0.0415. The summed E-state index contributed by atoms with van der Waals surface area (Å²) in [6, 6.07) is 10.6. The predicted molar refractivity (Wildman–Crippen MR) is 116 cm³/mol. The Hall–Kier alpha value is -3.27. The summed E-state index contributed by atoms with van der Waals surface area (Å²) in [6.45, 7) is 6.96. The first-order valence-corrected chi connectivity index (χ1v) is 11.3. The molecular formula is C22H25FN4O4S. The van der Waals surface area contributed by atoms with Gasteiger partial charge in [0.2, 0.25) is 15.8 Å². The number of hydrogen-bond acceptors (Lipinski definition) is 6. The molecule has 0 aliphatic carbocycles. The van der Waals surface area contributed by atoms with Crippen molar-refractivity contribution in [1.29, 1.82) is 0 Å². The molecule has 8 nitrogen and oxygen atoms in total. The lowest BCUT2D eigenvalue weighted by Crippen LogP contribution is -2.33. The summed E-state index contributed by atoms with van der Waals surface area (Å²) in [5, 5.41) is 4.05. The molecule has 10 heteroatoms. The van der Waals surface area contributed by atoms with Gasteiger partial charge in [0, 0.05) is 19.3 Å². The van der Waals surface area contributed by atoms with Crippen LogP contribution in [0.25, 0.3) is 5.69 Å².